The Morgan fingerprint density at radius 2 is 2.04 bits per heavy atom. The topological polar surface area (TPSA) is 65.5 Å². The van der Waals surface area contributed by atoms with Gasteiger partial charge < -0.3 is 15.1 Å². The molecule has 1 aromatic heterocycles. The van der Waals surface area contributed by atoms with Crippen LogP contribution in [0.1, 0.15) is 13.3 Å². The molecule has 0 radical (unpaired) electrons. The molecule has 1 aliphatic heterocycles. The molecule has 1 saturated heterocycles. The normalized spacial score (nSPS) is 16.1. The van der Waals surface area contributed by atoms with Gasteiger partial charge in [0.1, 0.15) is 5.82 Å². The van der Waals surface area contributed by atoms with E-state index in [4.69, 9.17) is 0 Å². The van der Waals surface area contributed by atoms with E-state index >= 15 is 0 Å². The number of anilines is 1. The quantitative estimate of drug-likeness (QED) is 0.839. The van der Waals surface area contributed by atoms with Crippen LogP contribution in [0.5, 0.6) is 0 Å². The van der Waals surface area contributed by atoms with E-state index in [9.17, 15) is 9.59 Å². The van der Waals surface area contributed by atoms with Crippen LogP contribution in [-0.4, -0.2) is 65.9 Å². The first-order valence-corrected chi connectivity index (χ1v) is 9.15. The second kappa shape index (κ2) is 8.76. The highest BCUT2D eigenvalue weighted by molar-refractivity contribution is 7.99. The molecule has 0 unspecified atom stereocenters. The van der Waals surface area contributed by atoms with E-state index in [0.717, 1.165) is 18.9 Å². The summed E-state index contributed by atoms with van der Waals surface area (Å²) < 4.78 is 0. The Morgan fingerprint density at radius 3 is 2.65 bits per heavy atom. The Labute approximate surface area is 141 Å². The van der Waals surface area contributed by atoms with Crippen molar-refractivity contribution in [1.82, 2.24) is 15.2 Å². The highest BCUT2D eigenvalue weighted by Crippen LogP contribution is 2.13. The number of amides is 2. The first kappa shape index (κ1) is 17.6. The third-order valence-corrected chi connectivity index (χ3v) is 4.89. The fourth-order valence-electron chi connectivity index (χ4n) is 2.43. The average molecular weight is 336 g/mol. The van der Waals surface area contributed by atoms with Crippen LogP contribution in [0.4, 0.5) is 5.82 Å². The number of thioether (sulfide) groups is 1. The number of nitrogens with one attached hydrogen (secondary N) is 1. The number of rotatable bonds is 6. The van der Waals surface area contributed by atoms with Crippen molar-refractivity contribution in [3.63, 3.8) is 0 Å². The van der Waals surface area contributed by atoms with E-state index in [-0.39, 0.29) is 17.1 Å². The zero-order valence-corrected chi connectivity index (χ0v) is 14.5. The molecule has 7 heteroatoms. The minimum Gasteiger partial charge on any atom is -0.355 e. The van der Waals surface area contributed by atoms with Crippen LogP contribution < -0.4 is 10.2 Å². The summed E-state index contributed by atoms with van der Waals surface area (Å²) in [6.07, 6.45) is 4.04. The van der Waals surface area contributed by atoms with Crippen LogP contribution in [0.2, 0.25) is 0 Å². The molecule has 0 spiro atoms. The highest BCUT2D eigenvalue weighted by atomic mass is 32.2. The Hall–Kier alpha value is -1.76. The first-order chi connectivity index (χ1) is 11.1. The van der Waals surface area contributed by atoms with Crippen molar-refractivity contribution in [2.24, 2.45) is 0 Å². The number of carbonyl (C=O) groups is 2. The van der Waals surface area contributed by atoms with Gasteiger partial charge >= 0.3 is 0 Å². The second-order valence-electron chi connectivity index (χ2n) is 5.47. The molecule has 1 fully saturated rings. The lowest BCUT2D eigenvalue weighted by atomic mass is 10.2. The molecular formula is C16H24N4O2S. The van der Waals surface area contributed by atoms with Crippen LogP contribution >= 0.6 is 11.8 Å². The van der Waals surface area contributed by atoms with E-state index in [2.05, 4.69) is 15.2 Å². The molecule has 126 valence electrons. The van der Waals surface area contributed by atoms with E-state index in [0.29, 0.717) is 26.1 Å². The first-order valence-electron chi connectivity index (χ1n) is 7.86. The van der Waals surface area contributed by atoms with Gasteiger partial charge in [-0.1, -0.05) is 6.07 Å². The molecule has 1 atom stereocenters. The van der Waals surface area contributed by atoms with Crippen molar-refractivity contribution in [3.05, 3.63) is 24.4 Å². The van der Waals surface area contributed by atoms with Gasteiger partial charge in [-0.15, -0.1) is 0 Å². The number of carbonyl (C=O) groups excluding carboxylic acids is 2. The molecule has 0 saturated carbocycles. The summed E-state index contributed by atoms with van der Waals surface area (Å²) in [5, 5.41) is 2.73. The number of aromatic nitrogens is 1. The Morgan fingerprint density at radius 1 is 1.30 bits per heavy atom. The van der Waals surface area contributed by atoms with Crippen molar-refractivity contribution in [2.45, 2.75) is 18.6 Å². The van der Waals surface area contributed by atoms with Crippen molar-refractivity contribution < 1.29 is 9.59 Å². The monoisotopic (exact) mass is 336 g/mol. The van der Waals surface area contributed by atoms with Crippen LogP contribution in [0.15, 0.2) is 24.4 Å². The van der Waals surface area contributed by atoms with E-state index < -0.39 is 0 Å². The maximum atomic E-state index is 12.2. The fraction of sp³-hybridized carbons (Fsp3) is 0.562. The van der Waals surface area contributed by atoms with Crippen LogP contribution in [-0.2, 0) is 9.59 Å². The predicted molar refractivity (Wildman–Crippen MR) is 93.6 cm³/mol. The molecule has 1 aliphatic rings. The lowest BCUT2D eigenvalue weighted by Crippen LogP contribution is -2.49. The fourth-order valence-corrected chi connectivity index (χ4v) is 2.72. The maximum Gasteiger partial charge on any atom is 0.232 e. The van der Waals surface area contributed by atoms with Gasteiger partial charge in [0.25, 0.3) is 0 Å². The molecule has 2 heterocycles. The van der Waals surface area contributed by atoms with Gasteiger partial charge in [0, 0.05) is 45.3 Å². The number of piperazine rings is 1. The van der Waals surface area contributed by atoms with Crippen molar-refractivity contribution in [3.8, 4) is 0 Å². The average Bonchev–Trinajstić information content (AvgIpc) is 2.61. The van der Waals surface area contributed by atoms with Gasteiger partial charge in [-0.3, -0.25) is 9.59 Å². The molecule has 0 bridgehead atoms. The minimum absolute atomic E-state index is 0.00901. The van der Waals surface area contributed by atoms with Crippen LogP contribution in [0.3, 0.4) is 0 Å². The van der Waals surface area contributed by atoms with Crippen molar-refractivity contribution >= 4 is 29.4 Å². The maximum absolute atomic E-state index is 12.2. The van der Waals surface area contributed by atoms with Gasteiger partial charge in [-0.2, -0.15) is 11.8 Å². The molecular weight excluding hydrogens is 312 g/mol. The van der Waals surface area contributed by atoms with Gasteiger partial charge in [-0.25, -0.2) is 4.98 Å². The summed E-state index contributed by atoms with van der Waals surface area (Å²) in [4.78, 5) is 32.2. The number of nitrogens with zero attached hydrogens (tertiary/aromatic N) is 3. The number of pyridine rings is 1. The Balaban J connectivity index is 1.70. The van der Waals surface area contributed by atoms with Gasteiger partial charge in [0.05, 0.1) is 5.25 Å². The van der Waals surface area contributed by atoms with E-state index in [1.807, 2.05) is 36.3 Å². The second-order valence-corrected chi connectivity index (χ2v) is 6.65. The molecule has 2 amide bonds. The summed E-state index contributed by atoms with van der Waals surface area (Å²) >= 11 is 1.50. The van der Waals surface area contributed by atoms with Crippen LogP contribution in [0, 0.1) is 0 Å². The lowest BCUT2D eigenvalue weighted by molar-refractivity contribution is -0.131. The molecule has 0 aliphatic carbocycles. The zero-order chi connectivity index (χ0) is 16.7. The smallest absolute Gasteiger partial charge is 0.232 e. The molecule has 23 heavy (non-hydrogen) atoms. The van der Waals surface area contributed by atoms with Gasteiger partial charge in [0.2, 0.25) is 11.8 Å². The van der Waals surface area contributed by atoms with E-state index in [1.165, 1.54) is 11.8 Å². The summed E-state index contributed by atoms with van der Waals surface area (Å²) in [7, 11) is 0. The summed E-state index contributed by atoms with van der Waals surface area (Å²) in [6, 6.07) is 5.85. The zero-order valence-electron chi connectivity index (χ0n) is 13.7. The van der Waals surface area contributed by atoms with Gasteiger partial charge in [0.15, 0.2) is 0 Å². The molecule has 1 N–H and O–H groups in total. The van der Waals surface area contributed by atoms with Crippen molar-refractivity contribution in [2.75, 3.05) is 43.9 Å². The Kier molecular flexibility index (Phi) is 6.70. The lowest BCUT2D eigenvalue weighted by Gasteiger charge is -2.35. The van der Waals surface area contributed by atoms with Crippen molar-refractivity contribution in [1.29, 1.82) is 0 Å². The summed E-state index contributed by atoms with van der Waals surface area (Å²) in [5.74, 6) is 1.05. The molecule has 2 rings (SSSR count). The summed E-state index contributed by atoms with van der Waals surface area (Å²) in [6.45, 7) is 5.24. The summed E-state index contributed by atoms with van der Waals surface area (Å²) in [5.41, 5.74) is 0. The molecule has 0 aromatic carbocycles. The number of hydrogen-bond donors (Lipinski definition) is 1. The third kappa shape index (κ3) is 5.13. The van der Waals surface area contributed by atoms with E-state index in [1.54, 1.807) is 6.20 Å². The third-order valence-electron chi connectivity index (χ3n) is 3.97. The molecule has 1 aromatic rings. The predicted octanol–water partition coefficient (Wildman–Crippen LogP) is 0.988. The molecule has 6 nitrogen and oxygen atoms in total. The highest BCUT2D eigenvalue weighted by Gasteiger charge is 2.21. The SMILES string of the molecule is CS[C@@H](C)C(=O)NCCC(=O)N1CCN(c2ccccn2)CC1. The largest absolute Gasteiger partial charge is 0.355 e. The van der Waals surface area contributed by atoms with Gasteiger partial charge in [-0.05, 0) is 25.3 Å². The number of hydrogen-bond acceptors (Lipinski definition) is 5. The Bertz CT molecular complexity index is 518. The standard InChI is InChI=1S/C16H24N4O2S/c1-13(23-2)16(22)18-8-6-15(21)20-11-9-19(10-12-20)14-5-3-4-7-17-14/h3-5,7,13H,6,8-12H2,1-2H3,(H,18,22)/t13-/m0/s1. The van der Waals surface area contributed by atoms with Crippen LogP contribution in [0.25, 0.3) is 0 Å². The minimum atomic E-state index is -0.0768.